The Morgan fingerprint density at radius 3 is 2.69 bits per heavy atom. The summed E-state index contributed by atoms with van der Waals surface area (Å²) in [7, 11) is 0. The first-order valence-electron chi connectivity index (χ1n) is 9.16. The van der Waals surface area contributed by atoms with Crippen molar-refractivity contribution < 1.29 is 24.2 Å². The maximum absolute atomic E-state index is 12.5. The number of rotatable bonds is 6. The Bertz CT molecular complexity index is 842. The minimum atomic E-state index is -1.45. The van der Waals surface area contributed by atoms with E-state index >= 15 is 0 Å². The lowest BCUT2D eigenvalue weighted by atomic mass is 10.0. The molecule has 10 nitrogen and oxygen atoms in total. The highest BCUT2D eigenvalue weighted by Gasteiger charge is 2.35. The molecule has 0 bridgehead atoms. The molecule has 0 spiro atoms. The predicted molar refractivity (Wildman–Crippen MR) is 102 cm³/mol. The molecule has 1 aromatic heterocycles. The number of hydrogen-bond acceptors (Lipinski definition) is 6. The molecule has 2 heterocycles. The maximum atomic E-state index is 12.5. The highest BCUT2D eigenvalue weighted by atomic mass is 16.5. The van der Waals surface area contributed by atoms with Gasteiger partial charge in [0.1, 0.15) is 11.3 Å². The van der Waals surface area contributed by atoms with Gasteiger partial charge in [-0.05, 0) is 18.2 Å². The lowest BCUT2D eigenvalue weighted by molar-refractivity contribution is -0.132. The normalized spacial score (nSPS) is 19.3. The standard InChI is InChI=1S/C19H23N5O5/c25-16(10-20-17(26)14-4-2-1-3-5-14)24-8-9-29-13-19(28,12-24)11-21-18(27)15-6-7-22-23-15/h1-7,28H,8-13H2,(H,20,26)(H,21,27)(H,22,23)/t19-/m0/s1. The summed E-state index contributed by atoms with van der Waals surface area (Å²) in [6.07, 6.45) is 1.45. The number of nitrogens with one attached hydrogen (secondary N) is 3. The van der Waals surface area contributed by atoms with Crippen molar-refractivity contribution in [2.45, 2.75) is 5.60 Å². The second kappa shape index (κ2) is 9.30. The number of β-amino-alcohol motifs (C(OH)–C–C–N with tert-alkyl or cyclic N) is 1. The Kier molecular flexibility index (Phi) is 6.57. The van der Waals surface area contributed by atoms with Gasteiger partial charge in [0, 0.05) is 18.3 Å². The number of H-pyrrole nitrogens is 1. The summed E-state index contributed by atoms with van der Waals surface area (Å²) in [6, 6.07) is 10.1. The zero-order valence-corrected chi connectivity index (χ0v) is 15.8. The fraction of sp³-hybridized carbons (Fsp3) is 0.368. The SMILES string of the molecule is O=C(NCC(=O)N1CCOC[C@](O)(CNC(=O)c2ccn[nH]2)C1)c1ccccc1. The molecule has 1 aliphatic rings. The van der Waals surface area contributed by atoms with Crippen LogP contribution in [0, 0.1) is 0 Å². The highest BCUT2D eigenvalue weighted by molar-refractivity contribution is 5.96. The van der Waals surface area contributed by atoms with E-state index in [1.807, 2.05) is 0 Å². The molecule has 1 saturated heterocycles. The topological polar surface area (TPSA) is 137 Å². The Balaban J connectivity index is 1.54. The third kappa shape index (κ3) is 5.62. The van der Waals surface area contributed by atoms with E-state index in [4.69, 9.17) is 4.74 Å². The number of hydrogen-bond donors (Lipinski definition) is 4. The van der Waals surface area contributed by atoms with Gasteiger partial charge >= 0.3 is 0 Å². The minimum absolute atomic E-state index is 0.0313. The van der Waals surface area contributed by atoms with Crippen molar-refractivity contribution >= 4 is 17.7 Å². The predicted octanol–water partition coefficient (Wildman–Crippen LogP) is -0.841. The summed E-state index contributed by atoms with van der Waals surface area (Å²) in [5.41, 5.74) is -0.733. The highest BCUT2D eigenvalue weighted by Crippen LogP contribution is 2.12. The van der Waals surface area contributed by atoms with Gasteiger partial charge < -0.3 is 25.4 Å². The van der Waals surface area contributed by atoms with Crippen molar-refractivity contribution in [2.24, 2.45) is 0 Å². The van der Waals surface area contributed by atoms with Crippen LogP contribution in [0.3, 0.4) is 0 Å². The van der Waals surface area contributed by atoms with Crippen molar-refractivity contribution in [3.63, 3.8) is 0 Å². The molecular weight excluding hydrogens is 378 g/mol. The molecule has 10 heteroatoms. The first-order valence-corrected chi connectivity index (χ1v) is 9.16. The van der Waals surface area contributed by atoms with Crippen molar-refractivity contribution in [2.75, 3.05) is 39.4 Å². The smallest absolute Gasteiger partial charge is 0.269 e. The summed E-state index contributed by atoms with van der Waals surface area (Å²) >= 11 is 0. The van der Waals surface area contributed by atoms with Gasteiger partial charge in [0.05, 0.1) is 32.8 Å². The Labute approximate surface area is 167 Å². The van der Waals surface area contributed by atoms with Crippen molar-refractivity contribution in [1.82, 2.24) is 25.7 Å². The average Bonchev–Trinajstić information content (AvgIpc) is 3.21. The molecule has 2 aromatic rings. The van der Waals surface area contributed by atoms with Crippen LogP contribution in [-0.2, 0) is 9.53 Å². The number of aliphatic hydroxyl groups is 1. The van der Waals surface area contributed by atoms with Gasteiger partial charge in [-0.15, -0.1) is 0 Å². The third-order valence-electron chi connectivity index (χ3n) is 4.47. The monoisotopic (exact) mass is 401 g/mol. The van der Waals surface area contributed by atoms with Crippen molar-refractivity contribution in [3.05, 3.63) is 53.9 Å². The van der Waals surface area contributed by atoms with Crippen LogP contribution in [0.15, 0.2) is 42.6 Å². The largest absolute Gasteiger partial charge is 0.384 e. The van der Waals surface area contributed by atoms with Gasteiger partial charge in [-0.25, -0.2) is 0 Å². The van der Waals surface area contributed by atoms with E-state index in [-0.39, 0.29) is 56.9 Å². The van der Waals surface area contributed by atoms with E-state index in [0.717, 1.165) is 0 Å². The Morgan fingerprint density at radius 2 is 1.97 bits per heavy atom. The summed E-state index contributed by atoms with van der Waals surface area (Å²) in [6.45, 7) is 0.147. The summed E-state index contributed by atoms with van der Waals surface area (Å²) in [5.74, 6) is -1.13. The van der Waals surface area contributed by atoms with Crippen LogP contribution in [0.5, 0.6) is 0 Å². The number of aromatic nitrogens is 2. The van der Waals surface area contributed by atoms with Gasteiger partial charge in [0.25, 0.3) is 11.8 Å². The van der Waals surface area contributed by atoms with Crippen LogP contribution in [0.25, 0.3) is 0 Å². The van der Waals surface area contributed by atoms with Crippen LogP contribution >= 0.6 is 0 Å². The van der Waals surface area contributed by atoms with Gasteiger partial charge in [0.15, 0.2) is 0 Å². The maximum Gasteiger partial charge on any atom is 0.269 e. The molecule has 0 saturated carbocycles. The summed E-state index contributed by atoms with van der Waals surface area (Å²) < 4.78 is 5.41. The zero-order chi connectivity index (χ0) is 20.7. The van der Waals surface area contributed by atoms with Crippen LogP contribution < -0.4 is 10.6 Å². The second-order valence-corrected chi connectivity index (χ2v) is 6.79. The molecule has 0 aliphatic carbocycles. The number of ether oxygens (including phenoxy) is 1. The third-order valence-corrected chi connectivity index (χ3v) is 4.47. The van der Waals surface area contributed by atoms with Crippen LogP contribution in [0.4, 0.5) is 0 Å². The molecule has 1 aromatic carbocycles. The van der Waals surface area contributed by atoms with Crippen LogP contribution in [0.1, 0.15) is 20.8 Å². The Hall–Kier alpha value is -3.24. The van der Waals surface area contributed by atoms with E-state index in [1.54, 1.807) is 30.3 Å². The van der Waals surface area contributed by atoms with E-state index in [9.17, 15) is 19.5 Å². The number of benzene rings is 1. The summed E-state index contributed by atoms with van der Waals surface area (Å²) in [4.78, 5) is 38.1. The lowest BCUT2D eigenvalue weighted by Crippen LogP contribution is -2.54. The average molecular weight is 401 g/mol. The molecular formula is C19H23N5O5. The van der Waals surface area contributed by atoms with Crippen molar-refractivity contribution in [1.29, 1.82) is 0 Å². The molecule has 3 amide bonds. The number of carbonyl (C=O) groups is 3. The Morgan fingerprint density at radius 1 is 1.17 bits per heavy atom. The van der Waals surface area contributed by atoms with Crippen LogP contribution in [0.2, 0.25) is 0 Å². The molecule has 154 valence electrons. The second-order valence-electron chi connectivity index (χ2n) is 6.79. The molecule has 4 N–H and O–H groups in total. The van der Waals surface area contributed by atoms with Gasteiger partial charge in [-0.1, -0.05) is 18.2 Å². The molecule has 0 radical (unpaired) electrons. The van der Waals surface area contributed by atoms with Gasteiger partial charge in [-0.2, -0.15) is 5.10 Å². The van der Waals surface area contributed by atoms with E-state index in [2.05, 4.69) is 20.8 Å². The first-order chi connectivity index (χ1) is 14.0. The molecule has 1 fully saturated rings. The lowest BCUT2D eigenvalue weighted by Gasteiger charge is -2.31. The quantitative estimate of drug-likeness (QED) is 0.498. The van der Waals surface area contributed by atoms with Gasteiger partial charge in [0.2, 0.25) is 5.91 Å². The van der Waals surface area contributed by atoms with E-state index < -0.39 is 11.5 Å². The number of carbonyl (C=O) groups excluding carboxylic acids is 3. The molecule has 1 aliphatic heterocycles. The van der Waals surface area contributed by atoms with Crippen LogP contribution in [-0.4, -0.2) is 82.9 Å². The molecule has 0 unspecified atom stereocenters. The fourth-order valence-corrected chi connectivity index (χ4v) is 2.92. The number of aromatic amines is 1. The van der Waals surface area contributed by atoms with Crippen molar-refractivity contribution in [3.8, 4) is 0 Å². The van der Waals surface area contributed by atoms with Gasteiger partial charge in [-0.3, -0.25) is 19.5 Å². The number of nitrogens with zero attached hydrogens (tertiary/aromatic N) is 2. The molecule has 3 rings (SSSR count). The molecule has 29 heavy (non-hydrogen) atoms. The van der Waals surface area contributed by atoms with E-state index in [1.165, 1.54) is 17.2 Å². The number of amides is 3. The minimum Gasteiger partial charge on any atom is -0.384 e. The first kappa shape index (κ1) is 20.5. The fourth-order valence-electron chi connectivity index (χ4n) is 2.92. The molecule has 1 atom stereocenters. The summed E-state index contributed by atoms with van der Waals surface area (Å²) in [5, 5.41) is 22.3. The zero-order valence-electron chi connectivity index (χ0n) is 15.8. The van der Waals surface area contributed by atoms with E-state index in [0.29, 0.717) is 5.56 Å².